The molecule has 1 unspecified atom stereocenters. The van der Waals surface area contributed by atoms with E-state index in [9.17, 15) is 39.8 Å². The Bertz CT molecular complexity index is 850. The van der Waals surface area contributed by atoms with E-state index in [4.69, 9.17) is 4.74 Å². The van der Waals surface area contributed by atoms with Gasteiger partial charge in [0.1, 0.15) is 0 Å². The second kappa shape index (κ2) is 16.5. The number of carboxylic acid groups (broad SMARTS) is 3. The number of ether oxygens (including phenoxy) is 1. The minimum absolute atomic E-state index is 0.0706. The molecule has 13 nitrogen and oxygen atoms in total. The molecule has 1 heterocycles. The SMILES string of the molecule is CC.O=C(O)CN1CCOCCN(CC(=O)O)CC(Cc2ccc([N+](=O)[O-])cc2)N(CC(=O)O)CC1. The van der Waals surface area contributed by atoms with Crippen LogP contribution in [0.3, 0.4) is 0 Å². The molecular weight excluding hydrogens is 476 g/mol. The number of rotatable bonds is 9. The van der Waals surface area contributed by atoms with E-state index in [-0.39, 0.29) is 58.2 Å². The lowest BCUT2D eigenvalue weighted by molar-refractivity contribution is -0.384. The van der Waals surface area contributed by atoms with Gasteiger partial charge in [-0.15, -0.1) is 0 Å². The van der Waals surface area contributed by atoms with Crippen LogP contribution in [0, 0.1) is 10.1 Å². The lowest BCUT2D eigenvalue weighted by Crippen LogP contribution is -2.52. The summed E-state index contributed by atoms with van der Waals surface area (Å²) in [5.41, 5.74) is 0.658. The smallest absolute Gasteiger partial charge is 0.317 e. The van der Waals surface area contributed by atoms with Crippen molar-refractivity contribution in [1.82, 2.24) is 14.7 Å². The number of nitrogens with zero attached hydrogens (tertiary/aromatic N) is 4. The third kappa shape index (κ3) is 12.0. The highest BCUT2D eigenvalue weighted by molar-refractivity contribution is 5.70. The monoisotopic (exact) mass is 512 g/mol. The molecule has 3 N–H and O–H groups in total. The first kappa shape index (κ1) is 30.9. The number of benzene rings is 1. The summed E-state index contributed by atoms with van der Waals surface area (Å²) >= 11 is 0. The van der Waals surface area contributed by atoms with Crippen molar-refractivity contribution >= 4 is 23.6 Å². The van der Waals surface area contributed by atoms with E-state index in [2.05, 4.69) is 0 Å². The van der Waals surface area contributed by atoms with Gasteiger partial charge in [-0.3, -0.25) is 39.2 Å². The van der Waals surface area contributed by atoms with Gasteiger partial charge in [-0.2, -0.15) is 0 Å². The maximum Gasteiger partial charge on any atom is 0.317 e. The second-order valence-corrected chi connectivity index (χ2v) is 8.06. The third-order valence-electron chi connectivity index (χ3n) is 5.47. The van der Waals surface area contributed by atoms with Gasteiger partial charge in [0, 0.05) is 50.9 Å². The van der Waals surface area contributed by atoms with Crippen molar-refractivity contribution < 1.29 is 39.4 Å². The van der Waals surface area contributed by atoms with Crippen LogP contribution in [0.2, 0.25) is 0 Å². The summed E-state index contributed by atoms with van der Waals surface area (Å²) in [4.78, 5) is 49.7. The Morgan fingerprint density at radius 1 is 0.889 bits per heavy atom. The first-order valence-electron chi connectivity index (χ1n) is 11.8. The molecule has 1 aromatic carbocycles. The van der Waals surface area contributed by atoms with Gasteiger partial charge in [-0.1, -0.05) is 26.0 Å². The molecule has 0 aromatic heterocycles. The Balaban J connectivity index is 0.00000316. The molecule has 13 heteroatoms. The van der Waals surface area contributed by atoms with Gasteiger partial charge in [0.15, 0.2) is 0 Å². The van der Waals surface area contributed by atoms with Crippen molar-refractivity contribution in [3.8, 4) is 0 Å². The molecule has 0 bridgehead atoms. The molecule has 36 heavy (non-hydrogen) atoms. The van der Waals surface area contributed by atoms with Gasteiger partial charge in [-0.05, 0) is 12.0 Å². The summed E-state index contributed by atoms with van der Waals surface area (Å²) in [7, 11) is 0. The van der Waals surface area contributed by atoms with Crippen molar-refractivity contribution in [3.63, 3.8) is 0 Å². The zero-order chi connectivity index (χ0) is 27.1. The molecule has 0 radical (unpaired) electrons. The second-order valence-electron chi connectivity index (χ2n) is 8.06. The van der Waals surface area contributed by atoms with Gasteiger partial charge >= 0.3 is 17.9 Å². The molecule has 1 fully saturated rings. The first-order valence-corrected chi connectivity index (χ1v) is 11.8. The summed E-state index contributed by atoms with van der Waals surface area (Å²) in [6, 6.07) is 5.47. The van der Waals surface area contributed by atoms with Gasteiger partial charge < -0.3 is 20.1 Å². The van der Waals surface area contributed by atoms with E-state index < -0.39 is 28.9 Å². The molecule has 2 rings (SSSR count). The number of nitro benzene ring substituents is 1. The van der Waals surface area contributed by atoms with E-state index in [0.717, 1.165) is 5.56 Å². The van der Waals surface area contributed by atoms with Gasteiger partial charge in [-0.25, -0.2) is 0 Å². The predicted molar refractivity (Wildman–Crippen MR) is 130 cm³/mol. The van der Waals surface area contributed by atoms with Gasteiger partial charge in [0.05, 0.1) is 37.8 Å². The van der Waals surface area contributed by atoms with Crippen molar-refractivity contribution in [2.24, 2.45) is 0 Å². The van der Waals surface area contributed by atoms with Crippen LogP contribution in [-0.2, 0) is 25.5 Å². The van der Waals surface area contributed by atoms with E-state index in [1.54, 1.807) is 26.8 Å². The molecule has 1 aliphatic rings. The van der Waals surface area contributed by atoms with Crippen LogP contribution in [0.15, 0.2) is 24.3 Å². The largest absolute Gasteiger partial charge is 0.480 e. The van der Waals surface area contributed by atoms with E-state index in [0.29, 0.717) is 19.5 Å². The van der Waals surface area contributed by atoms with Crippen LogP contribution in [0.25, 0.3) is 0 Å². The van der Waals surface area contributed by atoms with Crippen LogP contribution >= 0.6 is 0 Å². The highest BCUT2D eigenvalue weighted by Crippen LogP contribution is 2.16. The summed E-state index contributed by atoms with van der Waals surface area (Å²) in [6.45, 7) is 5.05. The van der Waals surface area contributed by atoms with E-state index in [1.165, 1.54) is 12.1 Å². The number of hydrogen-bond donors (Lipinski definition) is 3. The standard InChI is InChI=1S/C21H30N4O9.C2H6/c26-19(27)13-22-5-6-24(15-21(30)31)18(11-16-1-3-17(4-2-16)25(32)33)12-23(14-20(28)29)8-10-34-9-7-22;1-2/h1-4,18H,5-15H2,(H,26,27)(H,28,29)(H,30,31);1-2H3. The molecule has 0 spiro atoms. The van der Waals surface area contributed by atoms with Gasteiger partial charge in [0.2, 0.25) is 0 Å². The normalized spacial score (nSPS) is 18.7. The summed E-state index contributed by atoms with van der Waals surface area (Å²) in [5.74, 6) is -3.11. The van der Waals surface area contributed by atoms with Crippen LogP contribution in [0.4, 0.5) is 5.69 Å². The molecule has 1 aromatic rings. The summed E-state index contributed by atoms with van der Waals surface area (Å²) in [6.07, 6.45) is 0.321. The molecule has 1 aliphatic heterocycles. The zero-order valence-corrected chi connectivity index (χ0v) is 20.7. The Morgan fingerprint density at radius 3 is 1.94 bits per heavy atom. The minimum atomic E-state index is -1.07. The van der Waals surface area contributed by atoms with Crippen LogP contribution in [-0.4, -0.2) is 124 Å². The Hall–Kier alpha value is -3.13. The first-order chi connectivity index (χ1) is 17.1. The summed E-state index contributed by atoms with van der Waals surface area (Å²) < 4.78 is 5.57. The van der Waals surface area contributed by atoms with Gasteiger partial charge in [0.25, 0.3) is 5.69 Å². The van der Waals surface area contributed by atoms with Crippen molar-refractivity contribution in [2.75, 3.05) is 65.6 Å². The predicted octanol–water partition coefficient (Wildman–Crippen LogP) is 0.722. The lowest BCUT2D eigenvalue weighted by atomic mass is 10.0. The van der Waals surface area contributed by atoms with Crippen LogP contribution in [0.5, 0.6) is 0 Å². The Kier molecular flexibility index (Phi) is 14.2. The molecule has 0 amide bonds. The minimum Gasteiger partial charge on any atom is -0.480 e. The average molecular weight is 513 g/mol. The van der Waals surface area contributed by atoms with Crippen molar-refractivity contribution in [2.45, 2.75) is 26.3 Å². The topological polar surface area (TPSA) is 174 Å². The highest BCUT2D eigenvalue weighted by Gasteiger charge is 2.26. The maximum atomic E-state index is 11.6. The molecule has 0 saturated carbocycles. The molecule has 0 aliphatic carbocycles. The van der Waals surface area contributed by atoms with Crippen molar-refractivity contribution in [1.29, 1.82) is 0 Å². The number of aliphatic carboxylic acids is 3. The van der Waals surface area contributed by atoms with Crippen molar-refractivity contribution in [3.05, 3.63) is 39.9 Å². The van der Waals surface area contributed by atoms with E-state index in [1.807, 2.05) is 13.8 Å². The molecule has 1 saturated heterocycles. The fraction of sp³-hybridized carbons (Fsp3) is 0.609. The fourth-order valence-corrected chi connectivity index (χ4v) is 3.84. The molecule has 1 atom stereocenters. The Labute approximate surface area is 210 Å². The fourth-order valence-electron chi connectivity index (χ4n) is 3.84. The summed E-state index contributed by atoms with van der Waals surface area (Å²) in [5, 5.41) is 39.0. The zero-order valence-electron chi connectivity index (χ0n) is 20.7. The number of non-ortho nitro benzene ring substituents is 1. The Morgan fingerprint density at radius 2 is 1.42 bits per heavy atom. The number of carbonyl (C=O) groups is 3. The number of nitro groups is 1. The molecular formula is C23H36N4O9. The number of hydrogen-bond acceptors (Lipinski definition) is 9. The van der Waals surface area contributed by atoms with E-state index >= 15 is 0 Å². The average Bonchev–Trinajstić information content (AvgIpc) is 2.80. The third-order valence-corrected chi connectivity index (χ3v) is 5.47. The van der Waals surface area contributed by atoms with Crippen LogP contribution < -0.4 is 0 Å². The highest BCUT2D eigenvalue weighted by atomic mass is 16.6. The lowest BCUT2D eigenvalue weighted by Gasteiger charge is -2.36. The maximum absolute atomic E-state index is 11.6. The quantitative estimate of drug-likeness (QED) is 0.313. The number of carboxylic acids is 3. The molecule has 202 valence electrons. The van der Waals surface area contributed by atoms with Crippen LogP contribution in [0.1, 0.15) is 19.4 Å².